The van der Waals surface area contributed by atoms with Gasteiger partial charge in [0.2, 0.25) is 11.8 Å². The fourth-order valence-corrected chi connectivity index (χ4v) is 1.26. The SMILES string of the molecule is CC.CC(=O)NC(C)C(=O)Nc1ccc(C)cc1.CCC.[HH].[HH]. The average Bonchev–Trinajstić information content (AvgIpc) is 2.43. The van der Waals surface area contributed by atoms with Crippen molar-refractivity contribution in [3.05, 3.63) is 29.8 Å². The van der Waals surface area contributed by atoms with Crippen molar-refractivity contribution >= 4 is 17.5 Å². The summed E-state index contributed by atoms with van der Waals surface area (Å²) < 4.78 is 0. The van der Waals surface area contributed by atoms with Gasteiger partial charge in [0.05, 0.1) is 0 Å². The van der Waals surface area contributed by atoms with Gasteiger partial charge in [-0.15, -0.1) is 0 Å². The molecule has 1 aromatic carbocycles. The summed E-state index contributed by atoms with van der Waals surface area (Å²) in [5.41, 5.74) is 1.86. The van der Waals surface area contributed by atoms with Crippen LogP contribution in [0, 0.1) is 6.92 Å². The Bertz CT molecular complexity index is 410. The molecule has 4 heteroatoms. The Balaban J connectivity index is -0.000000231. The van der Waals surface area contributed by atoms with Crippen molar-refractivity contribution in [1.82, 2.24) is 5.32 Å². The van der Waals surface area contributed by atoms with Crippen LogP contribution < -0.4 is 10.6 Å². The van der Waals surface area contributed by atoms with Gasteiger partial charge >= 0.3 is 0 Å². The highest BCUT2D eigenvalue weighted by molar-refractivity contribution is 5.96. The minimum Gasteiger partial charge on any atom is -0.345 e. The molecule has 0 aromatic heterocycles. The molecule has 0 spiro atoms. The molecule has 0 heterocycles. The number of nitrogens with one attached hydrogen (secondary N) is 2. The molecule has 1 atom stereocenters. The van der Waals surface area contributed by atoms with E-state index in [9.17, 15) is 9.59 Å². The average molecular weight is 298 g/mol. The Morgan fingerprint density at radius 2 is 1.57 bits per heavy atom. The molecule has 0 aliphatic carbocycles. The summed E-state index contributed by atoms with van der Waals surface area (Å²) in [6, 6.07) is 6.96. The second-order valence-electron chi connectivity index (χ2n) is 4.48. The van der Waals surface area contributed by atoms with Gasteiger partial charge in [0.25, 0.3) is 0 Å². The molecule has 124 valence electrons. The lowest BCUT2D eigenvalue weighted by atomic mass is 10.2. The van der Waals surface area contributed by atoms with Crippen LogP contribution in [0.2, 0.25) is 0 Å². The lowest BCUT2D eigenvalue weighted by Gasteiger charge is -2.12. The normalized spacial score (nSPS) is 10.0. The van der Waals surface area contributed by atoms with Gasteiger partial charge in [-0.25, -0.2) is 0 Å². The number of aryl methyl sites for hydroxylation is 1. The van der Waals surface area contributed by atoms with E-state index in [1.54, 1.807) is 6.92 Å². The number of hydrogen-bond acceptors (Lipinski definition) is 2. The molecule has 2 N–H and O–H groups in total. The van der Waals surface area contributed by atoms with Crippen molar-refractivity contribution in [2.75, 3.05) is 5.32 Å². The van der Waals surface area contributed by atoms with E-state index in [4.69, 9.17) is 0 Å². The van der Waals surface area contributed by atoms with Crippen molar-refractivity contribution in [3.63, 3.8) is 0 Å². The van der Waals surface area contributed by atoms with Crippen LogP contribution >= 0.6 is 0 Å². The molecule has 0 saturated carbocycles. The van der Waals surface area contributed by atoms with Crippen LogP contribution in [0.5, 0.6) is 0 Å². The summed E-state index contributed by atoms with van der Waals surface area (Å²) in [7, 11) is 0. The molecular weight excluding hydrogens is 264 g/mol. The van der Waals surface area contributed by atoms with Crippen molar-refractivity contribution in [2.24, 2.45) is 0 Å². The lowest BCUT2D eigenvalue weighted by molar-refractivity contribution is -0.124. The summed E-state index contributed by atoms with van der Waals surface area (Å²) in [4.78, 5) is 22.4. The van der Waals surface area contributed by atoms with E-state index in [0.717, 1.165) is 11.3 Å². The maximum Gasteiger partial charge on any atom is 0.246 e. The second-order valence-corrected chi connectivity index (χ2v) is 4.48. The van der Waals surface area contributed by atoms with E-state index in [0.29, 0.717) is 0 Å². The summed E-state index contributed by atoms with van der Waals surface area (Å²) >= 11 is 0. The maximum absolute atomic E-state index is 11.6. The lowest BCUT2D eigenvalue weighted by Crippen LogP contribution is -2.40. The fraction of sp³-hybridized carbons (Fsp3) is 0.529. The summed E-state index contributed by atoms with van der Waals surface area (Å²) in [6.45, 7) is 13.3. The van der Waals surface area contributed by atoms with Crippen LogP contribution in [0.15, 0.2) is 24.3 Å². The summed E-state index contributed by atoms with van der Waals surface area (Å²) in [6.07, 6.45) is 1.25. The largest absolute Gasteiger partial charge is 0.345 e. The standard InChI is InChI=1S/C12H16N2O2.C3H8.C2H6.2H2/c1-8-4-6-11(7-5-8)14-12(16)9(2)13-10(3)15;1-3-2;1-2;;/h4-7,9H,1-3H3,(H,13,15)(H,14,16);3H2,1-2H3;1-2H3;2*1H. The molecule has 0 aliphatic rings. The number of anilines is 1. The van der Waals surface area contributed by atoms with Gasteiger partial charge in [0, 0.05) is 15.5 Å². The molecular formula is C17H34N2O2. The molecule has 0 saturated heterocycles. The van der Waals surface area contributed by atoms with Crippen LogP contribution in [0.4, 0.5) is 5.69 Å². The topological polar surface area (TPSA) is 58.2 Å². The Labute approximate surface area is 132 Å². The predicted molar refractivity (Wildman–Crippen MR) is 94.6 cm³/mol. The van der Waals surface area contributed by atoms with Crippen LogP contribution in [-0.2, 0) is 9.59 Å². The zero-order valence-corrected chi connectivity index (χ0v) is 14.4. The minimum atomic E-state index is -0.529. The number of hydrogen-bond donors (Lipinski definition) is 2. The summed E-state index contributed by atoms with van der Waals surface area (Å²) in [5.74, 6) is -0.439. The van der Waals surface area contributed by atoms with Gasteiger partial charge in [-0.05, 0) is 26.0 Å². The zero-order chi connectivity index (χ0) is 16.8. The number of amides is 2. The Hall–Kier alpha value is -1.84. The van der Waals surface area contributed by atoms with Crippen LogP contribution in [0.1, 0.15) is 56.4 Å². The highest BCUT2D eigenvalue weighted by Gasteiger charge is 2.13. The third kappa shape index (κ3) is 11.7. The number of carbonyl (C=O) groups excluding carboxylic acids is 2. The Morgan fingerprint density at radius 1 is 1.14 bits per heavy atom. The molecule has 1 unspecified atom stereocenters. The second kappa shape index (κ2) is 13.2. The molecule has 0 fully saturated rings. The molecule has 2 amide bonds. The first-order valence-electron chi connectivity index (χ1n) is 7.55. The highest BCUT2D eigenvalue weighted by Crippen LogP contribution is 2.08. The Morgan fingerprint density at radius 3 is 1.95 bits per heavy atom. The van der Waals surface area contributed by atoms with Crippen molar-refractivity contribution in [2.45, 2.75) is 60.9 Å². The van der Waals surface area contributed by atoms with Crippen molar-refractivity contribution < 1.29 is 12.4 Å². The van der Waals surface area contributed by atoms with Gasteiger partial charge < -0.3 is 10.6 Å². The first kappa shape index (κ1) is 21.5. The van der Waals surface area contributed by atoms with Crippen LogP contribution in [0.25, 0.3) is 0 Å². The number of carbonyl (C=O) groups is 2. The van der Waals surface area contributed by atoms with E-state index in [2.05, 4.69) is 24.5 Å². The smallest absolute Gasteiger partial charge is 0.246 e. The van der Waals surface area contributed by atoms with Gasteiger partial charge in [0.1, 0.15) is 6.04 Å². The van der Waals surface area contributed by atoms with Gasteiger partial charge in [-0.2, -0.15) is 0 Å². The van der Waals surface area contributed by atoms with E-state index in [-0.39, 0.29) is 14.7 Å². The Kier molecular flexibility index (Phi) is 13.4. The monoisotopic (exact) mass is 298 g/mol. The summed E-state index contributed by atoms with van der Waals surface area (Å²) in [5, 5.41) is 5.24. The highest BCUT2D eigenvalue weighted by atomic mass is 16.2. The first-order valence-corrected chi connectivity index (χ1v) is 7.55. The van der Waals surface area contributed by atoms with Gasteiger partial charge in [-0.3, -0.25) is 9.59 Å². The van der Waals surface area contributed by atoms with E-state index in [1.165, 1.54) is 13.3 Å². The molecule has 1 rings (SSSR count). The van der Waals surface area contributed by atoms with Gasteiger partial charge in [-0.1, -0.05) is 51.8 Å². The predicted octanol–water partition coefficient (Wildman–Crippen LogP) is 4.39. The van der Waals surface area contributed by atoms with Gasteiger partial charge in [0.15, 0.2) is 0 Å². The first-order chi connectivity index (χ1) is 9.90. The van der Waals surface area contributed by atoms with Crippen LogP contribution in [-0.4, -0.2) is 17.9 Å². The fourth-order valence-electron chi connectivity index (χ4n) is 1.26. The van der Waals surface area contributed by atoms with E-state index < -0.39 is 6.04 Å². The maximum atomic E-state index is 11.6. The number of rotatable bonds is 3. The zero-order valence-electron chi connectivity index (χ0n) is 14.4. The van der Waals surface area contributed by atoms with Crippen molar-refractivity contribution in [1.29, 1.82) is 0 Å². The third-order valence-electron chi connectivity index (χ3n) is 2.13. The quantitative estimate of drug-likeness (QED) is 0.869. The molecule has 21 heavy (non-hydrogen) atoms. The molecule has 0 bridgehead atoms. The third-order valence-corrected chi connectivity index (χ3v) is 2.13. The van der Waals surface area contributed by atoms with E-state index in [1.807, 2.05) is 45.0 Å². The molecule has 4 nitrogen and oxygen atoms in total. The number of benzene rings is 1. The molecule has 0 aliphatic heterocycles. The minimum absolute atomic E-state index is 0. The van der Waals surface area contributed by atoms with Crippen LogP contribution in [0.3, 0.4) is 0 Å². The molecule has 0 radical (unpaired) electrons. The van der Waals surface area contributed by atoms with E-state index >= 15 is 0 Å². The van der Waals surface area contributed by atoms with Crippen molar-refractivity contribution in [3.8, 4) is 0 Å². The molecule has 1 aromatic rings.